The molecule has 0 saturated heterocycles. The third kappa shape index (κ3) is 4.64. The van der Waals surface area contributed by atoms with Crippen molar-refractivity contribution in [1.82, 2.24) is 9.78 Å². The van der Waals surface area contributed by atoms with E-state index in [9.17, 15) is 9.18 Å². The Hall–Kier alpha value is -3.16. The van der Waals surface area contributed by atoms with E-state index in [0.717, 1.165) is 5.56 Å². The lowest BCUT2D eigenvalue weighted by Gasteiger charge is -2.19. The average molecular weight is 414 g/mol. The van der Waals surface area contributed by atoms with Gasteiger partial charge in [0.05, 0.1) is 19.3 Å². The number of carbonyl (C=O) groups is 1. The van der Waals surface area contributed by atoms with E-state index < -0.39 is 5.82 Å². The van der Waals surface area contributed by atoms with Gasteiger partial charge in [0.15, 0.2) is 6.79 Å². The minimum absolute atomic E-state index is 0.0916. The Kier molecular flexibility index (Phi) is 5.59. The molecule has 2 heterocycles. The maximum atomic E-state index is 13.8. The monoisotopic (exact) mass is 413 g/mol. The molecule has 0 unspecified atom stereocenters. The largest absolute Gasteiger partial charge is 0.467 e. The van der Waals surface area contributed by atoms with Gasteiger partial charge in [0.1, 0.15) is 17.4 Å². The summed E-state index contributed by atoms with van der Waals surface area (Å²) in [6, 6.07) is 11.8. The smallest absolute Gasteiger partial charge is 0.249 e. The van der Waals surface area contributed by atoms with Crippen molar-refractivity contribution in [2.75, 3.05) is 12.1 Å². The predicted octanol–water partition coefficient (Wildman–Crippen LogP) is 4.24. The van der Waals surface area contributed by atoms with Gasteiger partial charge in [-0.1, -0.05) is 23.7 Å². The standard InChI is InChI=1S/C21H17ClFN3O3/c22-17-3-1-2-14(8-17)11-26-19(6-7-24-26)25-20(27)5-4-15-9-18(23)10-16-12-28-13-29-21(15)16/h1-10H,11-13H2,(H,25,27). The van der Waals surface area contributed by atoms with Crippen molar-refractivity contribution in [2.24, 2.45) is 0 Å². The Morgan fingerprint density at radius 1 is 1.31 bits per heavy atom. The van der Waals surface area contributed by atoms with Gasteiger partial charge in [-0.3, -0.25) is 4.79 Å². The molecule has 1 aromatic heterocycles. The number of ether oxygens (including phenoxy) is 2. The minimum atomic E-state index is -0.419. The van der Waals surface area contributed by atoms with Crippen LogP contribution in [0.15, 0.2) is 54.7 Å². The summed E-state index contributed by atoms with van der Waals surface area (Å²) in [5, 5.41) is 7.64. The summed E-state index contributed by atoms with van der Waals surface area (Å²) in [4.78, 5) is 12.4. The fourth-order valence-electron chi connectivity index (χ4n) is 3.04. The van der Waals surface area contributed by atoms with Crippen molar-refractivity contribution in [2.45, 2.75) is 13.2 Å². The second kappa shape index (κ2) is 8.46. The lowest BCUT2D eigenvalue weighted by Crippen LogP contribution is -2.14. The van der Waals surface area contributed by atoms with Gasteiger partial charge in [-0.05, 0) is 35.9 Å². The Bertz CT molecular complexity index is 1080. The van der Waals surface area contributed by atoms with Gasteiger partial charge in [-0.15, -0.1) is 0 Å². The number of halogens is 2. The number of aromatic nitrogens is 2. The number of benzene rings is 2. The van der Waals surface area contributed by atoms with Crippen LogP contribution in [0.3, 0.4) is 0 Å². The summed E-state index contributed by atoms with van der Waals surface area (Å²) < 4.78 is 26.1. The molecule has 0 aliphatic carbocycles. The van der Waals surface area contributed by atoms with Crippen LogP contribution < -0.4 is 10.1 Å². The number of anilines is 1. The molecule has 0 spiro atoms. The highest BCUT2D eigenvalue weighted by molar-refractivity contribution is 6.30. The summed E-state index contributed by atoms with van der Waals surface area (Å²) in [7, 11) is 0. The maximum absolute atomic E-state index is 13.8. The van der Waals surface area contributed by atoms with E-state index in [0.29, 0.717) is 34.3 Å². The highest BCUT2D eigenvalue weighted by Gasteiger charge is 2.16. The van der Waals surface area contributed by atoms with Crippen LogP contribution in [0.25, 0.3) is 6.08 Å². The lowest BCUT2D eigenvalue weighted by molar-refractivity contribution is -0.111. The normalized spacial score (nSPS) is 13.2. The molecule has 3 aromatic rings. The summed E-state index contributed by atoms with van der Waals surface area (Å²) in [5.41, 5.74) is 2.04. The highest BCUT2D eigenvalue weighted by Crippen LogP contribution is 2.30. The molecule has 1 N–H and O–H groups in total. The van der Waals surface area contributed by atoms with Gasteiger partial charge in [0, 0.05) is 28.3 Å². The molecule has 8 heteroatoms. The predicted molar refractivity (Wildman–Crippen MR) is 107 cm³/mol. The number of amides is 1. The van der Waals surface area contributed by atoms with Gasteiger partial charge >= 0.3 is 0 Å². The van der Waals surface area contributed by atoms with Crippen molar-refractivity contribution in [3.8, 4) is 5.75 Å². The number of hydrogen-bond acceptors (Lipinski definition) is 4. The van der Waals surface area contributed by atoms with Crippen molar-refractivity contribution in [3.63, 3.8) is 0 Å². The molecule has 0 bridgehead atoms. The SMILES string of the molecule is O=C(C=Cc1cc(F)cc2c1OCOC2)Nc1ccnn1Cc1cccc(Cl)c1. The number of rotatable bonds is 5. The number of hydrogen-bond donors (Lipinski definition) is 1. The zero-order valence-corrected chi connectivity index (χ0v) is 16.0. The molecule has 148 valence electrons. The van der Waals surface area contributed by atoms with Crippen molar-refractivity contribution < 1.29 is 18.7 Å². The van der Waals surface area contributed by atoms with Crippen molar-refractivity contribution >= 4 is 29.4 Å². The molecule has 29 heavy (non-hydrogen) atoms. The molecular formula is C21H17ClFN3O3. The van der Waals surface area contributed by atoms with E-state index in [1.807, 2.05) is 18.2 Å². The van der Waals surface area contributed by atoms with Gasteiger partial charge in [-0.25, -0.2) is 9.07 Å². The van der Waals surface area contributed by atoms with Crippen LogP contribution in [0.1, 0.15) is 16.7 Å². The minimum Gasteiger partial charge on any atom is -0.467 e. The van der Waals surface area contributed by atoms with Gasteiger partial charge in [0.2, 0.25) is 5.91 Å². The molecule has 6 nitrogen and oxygen atoms in total. The van der Waals surface area contributed by atoms with E-state index in [-0.39, 0.29) is 19.3 Å². The van der Waals surface area contributed by atoms with Crippen LogP contribution in [0.2, 0.25) is 5.02 Å². The molecule has 4 rings (SSSR count). The average Bonchev–Trinajstić information content (AvgIpc) is 3.12. The summed E-state index contributed by atoms with van der Waals surface area (Å²) in [5.74, 6) is 0.263. The third-order valence-electron chi connectivity index (χ3n) is 4.31. The molecule has 0 saturated carbocycles. The van der Waals surface area contributed by atoms with Crippen LogP contribution in [0.5, 0.6) is 5.75 Å². The summed E-state index contributed by atoms with van der Waals surface area (Å²) >= 11 is 6.02. The summed E-state index contributed by atoms with van der Waals surface area (Å²) in [6.45, 7) is 0.815. The Morgan fingerprint density at radius 3 is 3.07 bits per heavy atom. The molecule has 0 radical (unpaired) electrons. The van der Waals surface area contributed by atoms with E-state index in [4.69, 9.17) is 21.1 Å². The van der Waals surface area contributed by atoms with Gasteiger partial charge in [-0.2, -0.15) is 5.10 Å². The maximum Gasteiger partial charge on any atom is 0.249 e. The lowest BCUT2D eigenvalue weighted by atomic mass is 10.1. The van der Waals surface area contributed by atoms with Crippen LogP contribution in [-0.2, 0) is 22.7 Å². The van der Waals surface area contributed by atoms with Crippen LogP contribution in [0, 0.1) is 5.82 Å². The molecule has 1 amide bonds. The van der Waals surface area contributed by atoms with Gasteiger partial charge < -0.3 is 14.8 Å². The fourth-order valence-corrected chi connectivity index (χ4v) is 3.25. The topological polar surface area (TPSA) is 65.4 Å². The zero-order valence-electron chi connectivity index (χ0n) is 15.3. The molecule has 0 atom stereocenters. The first-order valence-corrected chi connectivity index (χ1v) is 9.24. The van der Waals surface area contributed by atoms with Crippen molar-refractivity contribution in [3.05, 3.63) is 82.3 Å². The molecule has 1 aliphatic heterocycles. The Morgan fingerprint density at radius 2 is 2.21 bits per heavy atom. The zero-order chi connectivity index (χ0) is 20.2. The number of carbonyl (C=O) groups excluding carboxylic acids is 1. The fraction of sp³-hybridized carbons (Fsp3) is 0.143. The van der Waals surface area contributed by atoms with E-state index in [2.05, 4.69) is 10.4 Å². The first kappa shape index (κ1) is 19.2. The van der Waals surface area contributed by atoms with Crippen LogP contribution in [-0.4, -0.2) is 22.5 Å². The van der Waals surface area contributed by atoms with Gasteiger partial charge in [0.25, 0.3) is 0 Å². The number of fused-ring (bicyclic) bond motifs is 1. The second-order valence-corrected chi connectivity index (χ2v) is 6.86. The van der Waals surface area contributed by atoms with E-state index in [1.54, 1.807) is 23.0 Å². The van der Waals surface area contributed by atoms with Crippen LogP contribution >= 0.6 is 11.6 Å². The summed E-state index contributed by atoms with van der Waals surface area (Å²) in [6.07, 6.45) is 4.44. The highest BCUT2D eigenvalue weighted by atomic mass is 35.5. The van der Waals surface area contributed by atoms with E-state index >= 15 is 0 Å². The Balaban J connectivity index is 1.47. The molecule has 0 fully saturated rings. The number of nitrogens with zero attached hydrogens (tertiary/aromatic N) is 2. The first-order chi connectivity index (χ1) is 14.1. The first-order valence-electron chi connectivity index (χ1n) is 8.87. The Labute approximate surface area is 171 Å². The number of nitrogens with one attached hydrogen (secondary N) is 1. The van der Waals surface area contributed by atoms with Crippen molar-refractivity contribution in [1.29, 1.82) is 0 Å². The third-order valence-corrected chi connectivity index (χ3v) is 4.54. The molecular weight excluding hydrogens is 397 g/mol. The van der Waals surface area contributed by atoms with E-state index in [1.165, 1.54) is 24.3 Å². The molecule has 1 aliphatic rings. The quantitative estimate of drug-likeness (QED) is 0.635. The molecule has 2 aromatic carbocycles. The second-order valence-electron chi connectivity index (χ2n) is 6.42. The van der Waals surface area contributed by atoms with Crippen LogP contribution in [0.4, 0.5) is 10.2 Å².